The Morgan fingerprint density at radius 3 is 3.05 bits per heavy atom. The van der Waals surface area contributed by atoms with Crippen LogP contribution in [0.5, 0.6) is 0 Å². The van der Waals surface area contributed by atoms with E-state index in [1.54, 1.807) is 0 Å². The van der Waals surface area contributed by atoms with Crippen LogP contribution in [0.15, 0.2) is 28.7 Å². The number of hydrogen-bond donors (Lipinski definition) is 1. The molecule has 4 nitrogen and oxygen atoms in total. The minimum atomic E-state index is -0.0169. The van der Waals surface area contributed by atoms with Gasteiger partial charge in [-0.3, -0.25) is 4.79 Å². The Balaban J connectivity index is 0.00000176. The van der Waals surface area contributed by atoms with E-state index in [1.807, 2.05) is 17.0 Å². The van der Waals surface area contributed by atoms with Gasteiger partial charge < -0.3 is 15.0 Å². The monoisotopic (exact) mass is 388 g/mol. The van der Waals surface area contributed by atoms with Gasteiger partial charge in [0.2, 0.25) is 5.91 Å². The number of rotatable bonds is 3. The van der Waals surface area contributed by atoms with Crippen molar-refractivity contribution in [1.29, 1.82) is 0 Å². The maximum absolute atomic E-state index is 12.4. The van der Waals surface area contributed by atoms with Crippen molar-refractivity contribution in [3.63, 3.8) is 0 Å². The number of nitrogens with zero attached hydrogens (tertiary/aromatic N) is 1. The maximum Gasteiger partial charge on any atom is 0.224 e. The number of halogens is 2. The standard InChI is InChI=1S/C16H21BrN2O2.ClH/c17-13-4-1-3-12(9-13)15-11-19(7-8-21-15)16(20)10-14-5-2-6-18-14;/h1,3-4,9,14-15,18H,2,5-8,10-11H2;1H. The molecule has 0 saturated carbocycles. The van der Waals surface area contributed by atoms with Crippen LogP contribution in [0.25, 0.3) is 0 Å². The molecule has 2 heterocycles. The summed E-state index contributed by atoms with van der Waals surface area (Å²) in [4.78, 5) is 14.4. The Bertz CT molecular complexity index is 509. The summed E-state index contributed by atoms with van der Waals surface area (Å²) in [6, 6.07) is 8.50. The molecule has 0 spiro atoms. The van der Waals surface area contributed by atoms with Crippen molar-refractivity contribution in [3.05, 3.63) is 34.3 Å². The molecule has 3 rings (SSSR count). The van der Waals surface area contributed by atoms with Gasteiger partial charge in [0.1, 0.15) is 6.10 Å². The summed E-state index contributed by atoms with van der Waals surface area (Å²) in [5, 5.41) is 3.39. The zero-order valence-corrected chi connectivity index (χ0v) is 14.9. The van der Waals surface area contributed by atoms with Gasteiger partial charge in [-0.25, -0.2) is 0 Å². The van der Waals surface area contributed by atoms with Crippen molar-refractivity contribution in [2.45, 2.75) is 31.4 Å². The summed E-state index contributed by atoms with van der Waals surface area (Å²) in [6.07, 6.45) is 2.90. The highest BCUT2D eigenvalue weighted by Crippen LogP contribution is 2.25. The molecule has 0 radical (unpaired) electrons. The number of morpholine rings is 1. The summed E-state index contributed by atoms with van der Waals surface area (Å²) in [5.74, 6) is 0.248. The highest BCUT2D eigenvalue weighted by Gasteiger charge is 2.27. The van der Waals surface area contributed by atoms with Crippen LogP contribution in [0.3, 0.4) is 0 Å². The molecule has 2 atom stereocenters. The number of carbonyl (C=O) groups excluding carboxylic acids is 1. The van der Waals surface area contributed by atoms with E-state index in [0.717, 1.165) is 23.0 Å². The van der Waals surface area contributed by atoms with Gasteiger partial charge in [-0.05, 0) is 37.1 Å². The van der Waals surface area contributed by atoms with Crippen LogP contribution in [0, 0.1) is 0 Å². The topological polar surface area (TPSA) is 41.6 Å². The zero-order valence-electron chi connectivity index (χ0n) is 12.5. The van der Waals surface area contributed by atoms with E-state index in [9.17, 15) is 4.79 Å². The summed E-state index contributed by atoms with van der Waals surface area (Å²) < 4.78 is 6.88. The van der Waals surface area contributed by atoms with Crippen molar-refractivity contribution >= 4 is 34.2 Å². The smallest absolute Gasteiger partial charge is 0.224 e. The number of benzene rings is 1. The molecule has 2 aliphatic heterocycles. The van der Waals surface area contributed by atoms with E-state index in [2.05, 4.69) is 33.4 Å². The number of carbonyl (C=O) groups is 1. The molecule has 0 aliphatic carbocycles. The minimum Gasteiger partial charge on any atom is -0.370 e. The van der Waals surface area contributed by atoms with Gasteiger partial charge >= 0.3 is 0 Å². The molecule has 6 heteroatoms. The van der Waals surface area contributed by atoms with Gasteiger partial charge in [0.05, 0.1) is 13.2 Å². The highest BCUT2D eigenvalue weighted by molar-refractivity contribution is 9.10. The zero-order chi connectivity index (χ0) is 14.7. The van der Waals surface area contributed by atoms with Gasteiger partial charge in [0, 0.05) is 23.5 Å². The second-order valence-electron chi connectivity index (χ2n) is 5.75. The SMILES string of the molecule is Cl.O=C(CC1CCCN1)N1CCOC(c2cccc(Br)c2)C1. The first-order valence-electron chi connectivity index (χ1n) is 7.60. The average molecular weight is 390 g/mol. The Morgan fingerprint density at radius 2 is 2.32 bits per heavy atom. The largest absolute Gasteiger partial charge is 0.370 e. The molecule has 2 fully saturated rings. The third-order valence-corrected chi connectivity index (χ3v) is 4.72. The summed E-state index contributed by atoms with van der Waals surface area (Å²) in [5.41, 5.74) is 1.13. The van der Waals surface area contributed by atoms with Crippen LogP contribution in [-0.2, 0) is 9.53 Å². The lowest BCUT2D eigenvalue weighted by Crippen LogP contribution is -2.44. The maximum atomic E-state index is 12.4. The average Bonchev–Trinajstić information content (AvgIpc) is 3.00. The van der Waals surface area contributed by atoms with Crippen LogP contribution < -0.4 is 5.32 Å². The second-order valence-corrected chi connectivity index (χ2v) is 6.67. The summed E-state index contributed by atoms with van der Waals surface area (Å²) in [6.45, 7) is 3.01. The molecule has 1 aromatic carbocycles. The van der Waals surface area contributed by atoms with Gasteiger partial charge in [-0.1, -0.05) is 28.1 Å². The Morgan fingerprint density at radius 1 is 1.45 bits per heavy atom. The molecule has 1 N–H and O–H groups in total. The fourth-order valence-electron chi connectivity index (χ4n) is 3.06. The van der Waals surface area contributed by atoms with Crippen molar-refractivity contribution in [3.8, 4) is 0 Å². The molecule has 22 heavy (non-hydrogen) atoms. The van der Waals surface area contributed by atoms with Crippen molar-refractivity contribution < 1.29 is 9.53 Å². The number of hydrogen-bond acceptors (Lipinski definition) is 3. The molecule has 2 unspecified atom stereocenters. The molecule has 2 aliphatic rings. The Labute approximate surface area is 146 Å². The van der Waals surface area contributed by atoms with E-state index in [4.69, 9.17) is 4.74 Å². The minimum absolute atomic E-state index is 0. The van der Waals surface area contributed by atoms with Crippen molar-refractivity contribution in [2.24, 2.45) is 0 Å². The van der Waals surface area contributed by atoms with Crippen LogP contribution in [-0.4, -0.2) is 43.1 Å². The van der Waals surface area contributed by atoms with Gasteiger partial charge in [0.15, 0.2) is 0 Å². The van der Waals surface area contributed by atoms with Crippen molar-refractivity contribution in [2.75, 3.05) is 26.2 Å². The van der Waals surface area contributed by atoms with E-state index in [0.29, 0.717) is 32.2 Å². The molecule has 0 bridgehead atoms. The van der Waals surface area contributed by atoms with E-state index < -0.39 is 0 Å². The quantitative estimate of drug-likeness (QED) is 0.864. The van der Waals surface area contributed by atoms with E-state index in [1.165, 1.54) is 6.42 Å². The molecule has 0 aromatic heterocycles. The molecule has 1 amide bonds. The Kier molecular flexibility index (Phi) is 6.68. The molecule has 1 aromatic rings. The lowest BCUT2D eigenvalue weighted by molar-refractivity contribution is -0.139. The van der Waals surface area contributed by atoms with Crippen LogP contribution >= 0.6 is 28.3 Å². The number of nitrogens with one attached hydrogen (secondary N) is 1. The first kappa shape index (κ1) is 17.7. The molecule has 2 saturated heterocycles. The van der Waals surface area contributed by atoms with Crippen LogP contribution in [0.2, 0.25) is 0 Å². The summed E-state index contributed by atoms with van der Waals surface area (Å²) >= 11 is 3.49. The second kappa shape index (κ2) is 8.29. The molecular weight excluding hydrogens is 368 g/mol. The van der Waals surface area contributed by atoms with Gasteiger partial charge in [-0.15, -0.1) is 12.4 Å². The predicted molar refractivity (Wildman–Crippen MR) is 92.3 cm³/mol. The fraction of sp³-hybridized carbons (Fsp3) is 0.562. The van der Waals surface area contributed by atoms with Gasteiger partial charge in [-0.2, -0.15) is 0 Å². The third-order valence-electron chi connectivity index (χ3n) is 4.22. The predicted octanol–water partition coefficient (Wildman–Crippen LogP) is 2.91. The third kappa shape index (κ3) is 4.44. The van der Waals surface area contributed by atoms with Gasteiger partial charge in [0.25, 0.3) is 0 Å². The van der Waals surface area contributed by atoms with Crippen LogP contribution in [0.4, 0.5) is 0 Å². The lowest BCUT2D eigenvalue weighted by Gasteiger charge is -2.34. The van der Waals surface area contributed by atoms with E-state index in [-0.39, 0.29) is 24.4 Å². The van der Waals surface area contributed by atoms with Crippen molar-refractivity contribution in [1.82, 2.24) is 10.2 Å². The number of amides is 1. The molecular formula is C16H22BrClN2O2. The first-order chi connectivity index (χ1) is 10.2. The van der Waals surface area contributed by atoms with E-state index >= 15 is 0 Å². The lowest BCUT2D eigenvalue weighted by atomic mass is 10.1. The Hall–Kier alpha value is -0.620. The number of ether oxygens (including phenoxy) is 1. The molecule has 122 valence electrons. The normalized spacial score (nSPS) is 24.9. The first-order valence-corrected chi connectivity index (χ1v) is 8.40. The highest BCUT2D eigenvalue weighted by atomic mass is 79.9. The fourth-order valence-corrected chi connectivity index (χ4v) is 3.47. The van der Waals surface area contributed by atoms with Crippen LogP contribution in [0.1, 0.15) is 30.9 Å². The summed E-state index contributed by atoms with van der Waals surface area (Å²) in [7, 11) is 0.